The highest BCUT2D eigenvalue weighted by Gasteiger charge is 2.10. The molecule has 0 amide bonds. The van der Waals surface area contributed by atoms with Crippen LogP contribution in [-0.4, -0.2) is 9.97 Å². The number of aromatic amines is 1. The minimum atomic E-state index is 0.311. The molecule has 4 rings (SSSR count). The van der Waals surface area contributed by atoms with Crippen molar-refractivity contribution in [2.24, 2.45) is 0 Å². The smallest absolute Gasteiger partial charge is 0.149 e. The third kappa shape index (κ3) is 4.94. The second kappa shape index (κ2) is 9.15. The maximum Gasteiger partial charge on any atom is 0.149 e. The molecule has 1 heterocycles. The summed E-state index contributed by atoms with van der Waals surface area (Å²) in [4.78, 5) is 7.76. The summed E-state index contributed by atoms with van der Waals surface area (Å²) in [6, 6.07) is 19.1. The number of ether oxygens (including phenoxy) is 1. The molecule has 0 radical (unpaired) electrons. The molecule has 0 aliphatic heterocycles. The Morgan fingerprint density at radius 3 is 2.74 bits per heavy atom. The van der Waals surface area contributed by atoms with Gasteiger partial charge in [-0.1, -0.05) is 41.4 Å². The summed E-state index contributed by atoms with van der Waals surface area (Å²) < 4.78 is 6.65. The predicted octanol–water partition coefficient (Wildman–Crippen LogP) is 7.58. The highest BCUT2D eigenvalue weighted by molar-refractivity contribution is 9.10. The molecule has 3 aromatic carbocycles. The van der Waals surface area contributed by atoms with E-state index in [9.17, 15) is 5.26 Å². The van der Waals surface area contributed by atoms with E-state index < -0.39 is 0 Å². The van der Waals surface area contributed by atoms with Gasteiger partial charge in [-0.25, -0.2) is 4.98 Å². The number of aryl methyl sites for hydroxylation is 1. The van der Waals surface area contributed by atoms with Crippen LogP contribution in [0.1, 0.15) is 22.5 Å². The highest BCUT2D eigenvalue weighted by Crippen LogP contribution is 2.30. The molecule has 0 aliphatic carbocycles. The lowest BCUT2D eigenvalue weighted by atomic mass is 10.1. The zero-order valence-electron chi connectivity index (χ0n) is 16.4. The third-order valence-corrected chi connectivity index (χ3v) is 5.88. The van der Waals surface area contributed by atoms with Crippen molar-refractivity contribution in [1.82, 2.24) is 9.97 Å². The molecule has 0 bridgehead atoms. The van der Waals surface area contributed by atoms with Crippen LogP contribution in [0.5, 0.6) is 5.75 Å². The molecule has 0 saturated heterocycles. The summed E-state index contributed by atoms with van der Waals surface area (Å²) >= 11 is 15.7. The Kier molecular flexibility index (Phi) is 6.33. The molecule has 0 unspecified atom stereocenters. The zero-order valence-corrected chi connectivity index (χ0v) is 19.5. The number of hydrogen-bond donors (Lipinski definition) is 1. The summed E-state index contributed by atoms with van der Waals surface area (Å²) in [7, 11) is 0. The van der Waals surface area contributed by atoms with Gasteiger partial charge >= 0.3 is 0 Å². The van der Waals surface area contributed by atoms with Crippen molar-refractivity contribution in [2.45, 2.75) is 13.5 Å². The second-order valence-electron chi connectivity index (χ2n) is 6.99. The van der Waals surface area contributed by atoms with Gasteiger partial charge in [0.2, 0.25) is 0 Å². The highest BCUT2D eigenvalue weighted by atomic mass is 79.9. The first-order valence-corrected chi connectivity index (χ1v) is 10.9. The number of halogens is 3. The molecular weight excluding hydrogens is 497 g/mol. The molecule has 4 nitrogen and oxygen atoms in total. The molecule has 0 saturated carbocycles. The van der Waals surface area contributed by atoms with Crippen LogP contribution in [-0.2, 0) is 6.61 Å². The van der Waals surface area contributed by atoms with Gasteiger partial charge in [0, 0.05) is 15.6 Å². The minimum absolute atomic E-state index is 0.311. The van der Waals surface area contributed by atoms with E-state index in [-0.39, 0.29) is 0 Å². The van der Waals surface area contributed by atoms with Crippen LogP contribution in [0.4, 0.5) is 0 Å². The Hall–Kier alpha value is -2.78. The average Bonchev–Trinajstić information content (AvgIpc) is 3.15. The van der Waals surface area contributed by atoms with Crippen LogP contribution >= 0.6 is 39.1 Å². The minimum Gasteiger partial charge on any atom is -0.488 e. The predicted molar refractivity (Wildman–Crippen MR) is 129 cm³/mol. The van der Waals surface area contributed by atoms with E-state index in [1.807, 2.05) is 49.4 Å². The Morgan fingerprint density at radius 2 is 2.00 bits per heavy atom. The van der Waals surface area contributed by atoms with Crippen LogP contribution in [0.3, 0.4) is 0 Å². The van der Waals surface area contributed by atoms with Gasteiger partial charge in [0.05, 0.1) is 21.1 Å². The molecule has 7 heteroatoms. The number of aromatic nitrogens is 2. The lowest BCUT2D eigenvalue weighted by Crippen LogP contribution is -1.97. The summed E-state index contributed by atoms with van der Waals surface area (Å²) in [6.07, 6.45) is 1.79. The summed E-state index contributed by atoms with van der Waals surface area (Å²) in [5, 5.41) is 10.8. The van der Waals surface area contributed by atoms with Gasteiger partial charge in [-0.3, -0.25) is 0 Å². The lowest BCUT2D eigenvalue weighted by Gasteiger charge is -2.10. The molecule has 1 N–H and O–H groups in total. The zero-order chi connectivity index (χ0) is 22.0. The number of allylic oxidation sites excluding steroid dienone is 1. The van der Waals surface area contributed by atoms with E-state index in [4.69, 9.17) is 27.9 Å². The molecule has 154 valence electrons. The summed E-state index contributed by atoms with van der Waals surface area (Å²) in [5.74, 6) is 1.21. The van der Waals surface area contributed by atoms with Gasteiger partial charge in [0.1, 0.15) is 24.3 Å². The SMILES string of the molecule is Cc1ccc2nc(/C(C#N)=C\c3ccc(OCc4ccc(Cl)cc4Cl)c(Br)c3)[nH]c2c1. The van der Waals surface area contributed by atoms with Crippen molar-refractivity contribution in [3.05, 3.63) is 91.6 Å². The molecule has 0 aliphatic rings. The largest absolute Gasteiger partial charge is 0.488 e. The second-order valence-corrected chi connectivity index (χ2v) is 8.69. The fourth-order valence-corrected chi connectivity index (χ4v) is 4.06. The fourth-order valence-electron chi connectivity index (χ4n) is 3.09. The molecule has 0 atom stereocenters. The molecule has 31 heavy (non-hydrogen) atoms. The van der Waals surface area contributed by atoms with E-state index in [2.05, 4.69) is 32.0 Å². The third-order valence-electron chi connectivity index (χ3n) is 4.68. The van der Waals surface area contributed by atoms with Crippen LogP contribution in [0.2, 0.25) is 10.0 Å². The van der Waals surface area contributed by atoms with E-state index in [1.54, 1.807) is 18.2 Å². The first kappa shape index (κ1) is 21.5. The topological polar surface area (TPSA) is 61.7 Å². The molecule has 0 spiro atoms. The molecule has 0 fully saturated rings. The maximum atomic E-state index is 9.66. The van der Waals surface area contributed by atoms with Crippen molar-refractivity contribution < 1.29 is 4.74 Å². The van der Waals surface area contributed by atoms with Crippen molar-refractivity contribution in [3.63, 3.8) is 0 Å². The monoisotopic (exact) mass is 511 g/mol. The normalized spacial score (nSPS) is 11.5. The van der Waals surface area contributed by atoms with Gasteiger partial charge in [0.25, 0.3) is 0 Å². The first-order valence-electron chi connectivity index (χ1n) is 9.38. The number of nitrogens with one attached hydrogen (secondary N) is 1. The van der Waals surface area contributed by atoms with Gasteiger partial charge < -0.3 is 9.72 Å². The van der Waals surface area contributed by atoms with Gasteiger partial charge in [-0.2, -0.15) is 5.26 Å². The van der Waals surface area contributed by atoms with Crippen molar-refractivity contribution in [1.29, 1.82) is 5.26 Å². The Morgan fingerprint density at radius 1 is 1.16 bits per heavy atom. The number of benzene rings is 3. The standard InChI is InChI=1S/C24H16BrCl2N3O/c1-14-2-6-21-22(8-14)30-24(29-21)17(12-28)9-15-3-7-23(19(25)10-15)31-13-16-4-5-18(26)11-20(16)27/h2-11H,13H2,1H3,(H,29,30)/b17-9-. The number of H-pyrrole nitrogens is 1. The Bertz CT molecular complexity index is 1350. The van der Waals surface area contributed by atoms with E-state index >= 15 is 0 Å². The van der Waals surface area contributed by atoms with Crippen LogP contribution in [0.25, 0.3) is 22.7 Å². The quantitative estimate of drug-likeness (QED) is 0.280. The number of hydrogen-bond acceptors (Lipinski definition) is 3. The summed E-state index contributed by atoms with van der Waals surface area (Å²) in [6.45, 7) is 2.33. The van der Waals surface area contributed by atoms with Gasteiger partial charge in [-0.05, 0) is 76.5 Å². The summed E-state index contributed by atoms with van der Waals surface area (Å²) in [5.41, 5.74) is 4.99. The number of rotatable bonds is 5. The number of imidazole rings is 1. The first-order chi connectivity index (χ1) is 14.9. The van der Waals surface area contributed by atoms with Crippen molar-refractivity contribution in [3.8, 4) is 11.8 Å². The maximum absolute atomic E-state index is 9.66. The van der Waals surface area contributed by atoms with Crippen LogP contribution < -0.4 is 4.74 Å². The number of fused-ring (bicyclic) bond motifs is 1. The average molecular weight is 513 g/mol. The van der Waals surface area contributed by atoms with E-state index in [0.717, 1.165) is 32.2 Å². The number of nitrogens with zero attached hydrogens (tertiary/aromatic N) is 2. The lowest BCUT2D eigenvalue weighted by molar-refractivity contribution is 0.304. The molecule has 4 aromatic rings. The molecule has 1 aromatic heterocycles. The Labute approximate surface area is 198 Å². The van der Waals surface area contributed by atoms with E-state index in [1.165, 1.54) is 0 Å². The fraction of sp³-hybridized carbons (Fsp3) is 0.0833. The van der Waals surface area contributed by atoms with Gasteiger partial charge in [-0.15, -0.1) is 0 Å². The van der Waals surface area contributed by atoms with Crippen molar-refractivity contribution in [2.75, 3.05) is 0 Å². The van der Waals surface area contributed by atoms with Crippen LogP contribution in [0.15, 0.2) is 59.1 Å². The van der Waals surface area contributed by atoms with E-state index in [0.29, 0.717) is 33.8 Å². The van der Waals surface area contributed by atoms with Gasteiger partial charge in [0.15, 0.2) is 0 Å². The number of nitriles is 1. The molecular formula is C24H16BrCl2N3O. The van der Waals surface area contributed by atoms with Crippen molar-refractivity contribution >= 4 is 61.8 Å². The van der Waals surface area contributed by atoms with Crippen LogP contribution in [0, 0.1) is 18.3 Å². The Balaban J connectivity index is 1.55.